The molecular weight excluding hydrogens is 437 g/mol. The van der Waals surface area contributed by atoms with Crippen molar-refractivity contribution in [2.75, 3.05) is 17.2 Å². The second-order valence-corrected chi connectivity index (χ2v) is 8.93. The normalized spacial score (nSPS) is 19.7. The van der Waals surface area contributed by atoms with Crippen molar-refractivity contribution in [2.45, 2.75) is 11.4 Å². The van der Waals surface area contributed by atoms with Gasteiger partial charge in [0.2, 0.25) is 0 Å². The Morgan fingerprint density at radius 1 is 0.938 bits per heavy atom. The van der Waals surface area contributed by atoms with Crippen LogP contribution < -0.4 is 4.90 Å². The van der Waals surface area contributed by atoms with Gasteiger partial charge in [0.05, 0.1) is 12.2 Å². The molecule has 1 unspecified atom stereocenters. The van der Waals surface area contributed by atoms with E-state index < -0.39 is 28.2 Å². The zero-order valence-corrected chi connectivity index (χ0v) is 17.5. The summed E-state index contributed by atoms with van der Waals surface area (Å²) in [5.41, 5.74) is 1.68. The molecule has 0 radical (unpaired) electrons. The number of hydrogen-bond acceptors (Lipinski definition) is 3. The van der Waals surface area contributed by atoms with Gasteiger partial charge in [-0.2, -0.15) is 0 Å². The van der Waals surface area contributed by atoms with Crippen LogP contribution in [0.5, 0.6) is 0 Å². The van der Waals surface area contributed by atoms with Crippen molar-refractivity contribution in [1.82, 2.24) is 4.90 Å². The molecule has 162 valence electrons. The molecule has 1 saturated heterocycles. The van der Waals surface area contributed by atoms with E-state index in [4.69, 9.17) is 0 Å². The summed E-state index contributed by atoms with van der Waals surface area (Å²) in [5, 5.41) is 0. The van der Waals surface area contributed by atoms with Crippen LogP contribution in [0.25, 0.3) is 0 Å². The predicted molar refractivity (Wildman–Crippen MR) is 116 cm³/mol. The summed E-state index contributed by atoms with van der Waals surface area (Å²) in [7, 11) is 0. The molecule has 3 aromatic rings. The van der Waals surface area contributed by atoms with Gasteiger partial charge in [-0.25, -0.2) is 13.2 Å². The Kier molecular flexibility index (Phi) is 4.97. The molecule has 1 fully saturated rings. The van der Waals surface area contributed by atoms with Crippen molar-refractivity contribution < 1.29 is 22.8 Å². The molecule has 2 amide bonds. The highest BCUT2D eigenvalue weighted by molar-refractivity contribution is 8.01. The maximum atomic E-state index is 14.3. The van der Waals surface area contributed by atoms with Crippen molar-refractivity contribution in [3.8, 4) is 0 Å². The van der Waals surface area contributed by atoms with Gasteiger partial charge in [-0.15, -0.1) is 11.8 Å². The lowest BCUT2D eigenvalue weighted by Crippen LogP contribution is -2.50. The van der Waals surface area contributed by atoms with Gasteiger partial charge in [0.25, 0.3) is 11.8 Å². The molecule has 0 aliphatic carbocycles. The van der Waals surface area contributed by atoms with E-state index in [-0.39, 0.29) is 24.6 Å². The molecule has 1 atom stereocenters. The van der Waals surface area contributed by atoms with E-state index in [1.54, 1.807) is 12.1 Å². The third-order valence-electron chi connectivity index (χ3n) is 5.72. The van der Waals surface area contributed by atoms with E-state index in [0.29, 0.717) is 22.6 Å². The minimum Gasteiger partial charge on any atom is -0.311 e. The quantitative estimate of drug-likeness (QED) is 0.577. The minimum atomic E-state index is -1.43. The molecule has 0 N–H and O–H groups in total. The lowest BCUT2D eigenvalue weighted by Gasteiger charge is -2.33. The Labute approximate surface area is 186 Å². The minimum absolute atomic E-state index is 0.0795. The summed E-state index contributed by atoms with van der Waals surface area (Å²) in [6.07, 6.45) is 0. The topological polar surface area (TPSA) is 40.6 Å². The highest BCUT2D eigenvalue weighted by Gasteiger charge is 2.59. The fourth-order valence-electron chi connectivity index (χ4n) is 4.31. The number of anilines is 1. The van der Waals surface area contributed by atoms with Crippen LogP contribution in [0, 0.1) is 17.5 Å². The van der Waals surface area contributed by atoms with Crippen molar-refractivity contribution >= 4 is 29.3 Å². The largest absolute Gasteiger partial charge is 0.311 e. The molecule has 2 aliphatic rings. The molecule has 3 aromatic carbocycles. The van der Waals surface area contributed by atoms with Crippen LogP contribution in [-0.2, 0) is 16.2 Å². The highest BCUT2D eigenvalue weighted by atomic mass is 32.2. The smallest absolute Gasteiger partial charge is 0.268 e. The van der Waals surface area contributed by atoms with Crippen LogP contribution >= 0.6 is 11.8 Å². The Morgan fingerprint density at radius 3 is 2.41 bits per heavy atom. The monoisotopic (exact) mass is 454 g/mol. The van der Waals surface area contributed by atoms with Crippen LogP contribution in [-0.4, -0.2) is 29.0 Å². The van der Waals surface area contributed by atoms with E-state index >= 15 is 0 Å². The molecule has 0 saturated carbocycles. The van der Waals surface area contributed by atoms with Gasteiger partial charge < -0.3 is 9.80 Å². The summed E-state index contributed by atoms with van der Waals surface area (Å²) >= 11 is 1.26. The molecule has 8 heteroatoms. The molecule has 2 heterocycles. The molecular formula is C24H17F3N2O2S. The molecule has 1 spiro atoms. The van der Waals surface area contributed by atoms with Gasteiger partial charge in [0, 0.05) is 23.4 Å². The summed E-state index contributed by atoms with van der Waals surface area (Å²) in [5.74, 6) is -1.77. The number of carbonyl (C=O) groups excluding carboxylic acids is 2. The Balaban J connectivity index is 1.59. The maximum absolute atomic E-state index is 14.3. The first-order valence-electron chi connectivity index (χ1n) is 9.98. The SMILES string of the molecule is O=C(c1ccc(F)cc1)N1CCSC12C(=O)N(Cc1cccc(F)c1)c1ccc(F)cc12. The summed E-state index contributed by atoms with van der Waals surface area (Å²) in [6.45, 7) is 0.354. The first kappa shape index (κ1) is 20.6. The van der Waals surface area contributed by atoms with E-state index in [2.05, 4.69) is 0 Å². The summed E-state index contributed by atoms with van der Waals surface area (Å²) in [4.78, 5) is 28.6. The number of benzene rings is 3. The van der Waals surface area contributed by atoms with Gasteiger partial charge in [-0.1, -0.05) is 12.1 Å². The van der Waals surface area contributed by atoms with E-state index in [1.165, 1.54) is 76.2 Å². The fourth-order valence-corrected chi connectivity index (χ4v) is 5.76. The molecule has 0 aromatic heterocycles. The second kappa shape index (κ2) is 7.70. The van der Waals surface area contributed by atoms with E-state index in [1.807, 2.05) is 0 Å². The van der Waals surface area contributed by atoms with Gasteiger partial charge in [0.1, 0.15) is 17.5 Å². The number of hydrogen-bond donors (Lipinski definition) is 0. The maximum Gasteiger partial charge on any atom is 0.268 e. The number of carbonyl (C=O) groups is 2. The van der Waals surface area contributed by atoms with Crippen molar-refractivity contribution in [1.29, 1.82) is 0 Å². The third kappa shape index (κ3) is 3.17. The molecule has 32 heavy (non-hydrogen) atoms. The molecule has 4 nitrogen and oxygen atoms in total. The lowest BCUT2D eigenvalue weighted by molar-refractivity contribution is -0.123. The second-order valence-electron chi connectivity index (χ2n) is 7.64. The fraction of sp³-hybridized carbons (Fsp3) is 0.167. The number of rotatable bonds is 3. The molecule has 2 aliphatic heterocycles. The molecule has 0 bridgehead atoms. The Morgan fingerprint density at radius 2 is 1.66 bits per heavy atom. The number of fused-ring (bicyclic) bond motifs is 2. The van der Waals surface area contributed by atoms with E-state index in [0.717, 1.165) is 0 Å². The lowest BCUT2D eigenvalue weighted by atomic mass is 10.0. The zero-order chi connectivity index (χ0) is 22.5. The van der Waals surface area contributed by atoms with Crippen LogP contribution in [0.15, 0.2) is 66.7 Å². The number of halogens is 3. The van der Waals surface area contributed by atoms with Crippen LogP contribution in [0.1, 0.15) is 21.5 Å². The van der Waals surface area contributed by atoms with Crippen molar-refractivity contribution in [3.63, 3.8) is 0 Å². The van der Waals surface area contributed by atoms with Gasteiger partial charge in [-0.3, -0.25) is 9.59 Å². The number of thioether (sulfide) groups is 1. The molecule has 5 rings (SSSR count). The van der Waals surface area contributed by atoms with E-state index in [9.17, 15) is 22.8 Å². The highest BCUT2D eigenvalue weighted by Crippen LogP contribution is 2.54. The van der Waals surface area contributed by atoms with Gasteiger partial charge >= 0.3 is 0 Å². The first-order chi connectivity index (χ1) is 15.4. The Hall–Kier alpha value is -3.26. The predicted octanol–water partition coefficient (Wildman–Crippen LogP) is 4.69. The van der Waals surface area contributed by atoms with Crippen LogP contribution in [0.4, 0.5) is 18.9 Å². The van der Waals surface area contributed by atoms with Crippen molar-refractivity contribution in [2.24, 2.45) is 0 Å². The van der Waals surface area contributed by atoms with Gasteiger partial charge in [-0.05, 0) is 60.2 Å². The first-order valence-corrected chi connectivity index (χ1v) is 11.0. The van der Waals surface area contributed by atoms with Crippen LogP contribution in [0.3, 0.4) is 0 Å². The summed E-state index contributed by atoms with van der Waals surface area (Å²) in [6, 6.07) is 15.1. The average molecular weight is 454 g/mol. The average Bonchev–Trinajstić information content (AvgIpc) is 3.31. The van der Waals surface area contributed by atoms with Crippen LogP contribution in [0.2, 0.25) is 0 Å². The third-order valence-corrected chi connectivity index (χ3v) is 7.14. The number of amides is 2. The summed E-state index contributed by atoms with van der Waals surface area (Å²) < 4.78 is 41.4. The van der Waals surface area contributed by atoms with Crippen molar-refractivity contribution in [3.05, 3.63) is 101 Å². The standard InChI is InChI=1S/C24H17F3N2O2S/c25-17-6-4-16(5-7-17)22(30)29-10-11-32-24(29)20-13-19(27)8-9-21(20)28(23(24)31)14-15-2-1-3-18(26)12-15/h1-9,12-13H,10-11,14H2. The zero-order valence-electron chi connectivity index (χ0n) is 16.7. The number of nitrogens with zero attached hydrogens (tertiary/aromatic N) is 2. The van der Waals surface area contributed by atoms with Gasteiger partial charge in [0.15, 0.2) is 4.87 Å². The Bertz CT molecular complexity index is 1230.